The summed E-state index contributed by atoms with van der Waals surface area (Å²) in [6, 6.07) is 10.00. The topological polar surface area (TPSA) is 26.3 Å². The number of carbonyl (C=O) groups is 1. The zero-order chi connectivity index (χ0) is 14.3. The van der Waals surface area contributed by atoms with Gasteiger partial charge in [0.2, 0.25) is 0 Å². The van der Waals surface area contributed by atoms with Crippen LogP contribution in [0.25, 0.3) is 0 Å². The van der Waals surface area contributed by atoms with Gasteiger partial charge >= 0.3 is 0 Å². The smallest absolute Gasteiger partial charge is 0.170 e. The van der Waals surface area contributed by atoms with E-state index in [1.807, 2.05) is 0 Å². The number of ketones is 1. The molecule has 0 aliphatic carbocycles. The van der Waals surface area contributed by atoms with Crippen LogP contribution in [0, 0.1) is 5.82 Å². The number of fused-ring (bicyclic) bond motifs is 1. The third kappa shape index (κ3) is 2.52. The van der Waals surface area contributed by atoms with Gasteiger partial charge in [-0.05, 0) is 30.3 Å². The maximum Gasteiger partial charge on any atom is 0.170 e. The Bertz CT molecular complexity index is 700. The summed E-state index contributed by atoms with van der Waals surface area (Å²) in [5, 5.41) is 0. The number of rotatable bonds is 1. The van der Waals surface area contributed by atoms with E-state index in [4.69, 9.17) is 4.74 Å². The zero-order valence-electron chi connectivity index (χ0n) is 10.2. The predicted molar refractivity (Wildman–Crippen MR) is 80.6 cm³/mol. The Hall–Kier alpha value is -1.20. The van der Waals surface area contributed by atoms with Crippen LogP contribution in [-0.2, 0) is 0 Å². The van der Waals surface area contributed by atoms with Crippen molar-refractivity contribution in [3.8, 4) is 5.75 Å². The quantitative estimate of drug-likeness (QED) is 0.670. The monoisotopic (exact) mass is 398 g/mol. The summed E-state index contributed by atoms with van der Waals surface area (Å²) in [5.41, 5.74) is 0.939. The van der Waals surface area contributed by atoms with Crippen molar-refractivity contribution >= 4 is 37.6 Å². The zero-order valence-corrected chi connectivity index (χ0v) is 13.4. The molecular formula is C15H9Br2FO2. The maximum absolute atomic E-state index is 14.0. The molecule has 0 radical (unpaired) electrons. The van der Waals surface area contributed by atoms with Gasteiger partial charge in [0.1, 0.15) is 17.7 Å². The number of carbonyl (C=O) groups excluding carboxylic acids is 1. The van der Waals surface area contributed by atoms with Gasteiger partial charge in [0.25, 0.3) is 0 Å². The lowest BCUT2D eigenvalue weighted by Crippen LogP contribution is -2.21. The van der Waals surface area contributed by atoms with Gasteiger partial charge in [-0.3, -0.25) is 4.79 Å². The molecular weight excluding hydrogens is 391 g/mol. The molecule has 0 aromatic heterocycles. The molecule has 0 saturated carbocycles. The lowest BCUT2D eigenvalue weighted by Gasteiger charge is -2.26. The SMILES string of the molecule is O=C1CC(c2ccc(Br)cc2F)Oc2cc(Br)ccc21. The third-order valence-electron chi connectivity index (χ3n) is 3.19. The molecule has 102 valence electrons. The number of Topliss-reactive ketones (excluding diaryl/α,β-unsaturated/α-hetero) is 1. The summed E-state index contributed by atoms with van der Waals surface area (Å²) in [6.07, 6.45) is -0.440. The van der Waals surface area contributed by atoms with Gasteiger partial charge in [-0.2, -0.15) is 0 Å². The summed E-state index contributed by atoms with van der Waals surface area (Å²) in [7, 11) is 0. The van der Waals surface area contributed by atoms with E-state index in [0.717, 1.165) is 4.47 Å². The number of halogens is 3. The highest BCUT2D eigenvalue weighted by molar-refractivity contribution is 9.10. The van der Waals surface area contributed by atoms with Crippen molar-refractivity contribution in [1.82, 2.24) is 0 Å². The molecule has 1 aliphatic heterocycles. The van der Waals surface area contributed by atoms with Crippen LogP contribution in [0.2, 0.25) is 0 Å². The Morgan fingerprint density at radius 2 is 1.80 bits per heavy atom. The molecule has 0 saturated heterocycles. The summed E-state index contributed by atoms with van der Waals surface area (Å²) < 4.78 is 21.2. The van der Waals surface area contributed by atoms with E-state index in [1.165, 1.54) is 6.07 Å². The average molecular weight is 400 g/mol. The fourth-order valence-corrected chi connectivity index (χ4v) is 2.91. The number of hydrogen-bond donors (Lipinski definition) is 0. The molecule has 0 amide bonds. The van der Waals surface area contributed by atoms with Gasteiger partial charge < -0.3 is 4.74 Å². The Labute approximate surface area is 132 Å². The molecule has 1 unspecified atom stereocenters. The molecule has 0 N–H and O–H groups in total. The van der Waals surface area contributed by atoms with E-state index >= 15 is 0 Å². The number of ether oxygens (including phenoxy) is 1. The van der Waals surface area contributed by atoms with Crippen LogP contribution in [0.3, 0.4) is 0 Å². The molecule has 2 nitrogen and oxygen atoms in total. The molecule has 0 bridgehead atoms. The largest absolute Gasteiger partial charge is 0.484 e. The molecule has 1 heterocycles. The normalized spacial score (nSPS) is 17.6. The van der Waals surface area contributed by atoms with Crippen LogP contribution < -0.4 is 4.74 Å². The molecule has 1 aliphatic rings. The molecule has 2 aromatic carbocycles. The van der Waals surface area contributed by atoms with E-state index in [0.29, 0.717) is 21.3 Å². The Morgan fingerprint density at radius 1 is 1.10 bits per heavy atom. The second kappa shape index (κ2) is 5.30. The summed E-state index contributed by atoms with van der Waals surface area (Å²) in [6.45, 7) is 0. The highest BCUT2D eigenvalue weighted by Crippen LogP contribution is 2.37. The van der Waals surface area contributed by atoms with Crippen molar-refractivity contribution in [1.29, 1.82) is 0 Å². The van der Waals surface area contributed by atoms with Crippen LogP contribution in [0.1, 0.15) is 28.4 Å². The van der Waals surface area contributed by atoms with Gasteiger partial charge in [0.05, 0.1) is 12.0 Å². The molecule has 20 heavy (non-hydrogen) atoms. The van der Waals surface area contributed by atoms with Crippen molar-refractivity contribution in [2.24, 2.45) is 0 Å². The highest BCUT2D eigenvalue weighted by atomic mass is 79.9. The van der Waals surface area contributed by atoms with Gasteiger partial charge in [-0.1, -0.05) is 37.9 Å². The summed E-state index contributed by atoms with van der Waals surface area (Å²) in [4.78, 5) is 12.1. The third-order valence-corrected chi connectivity index (χ3v) is 4.18. The van der Waals surface area contributed by atoms with Crippen molar-refractivity contribution < 1.29 is 13.9 Å². The van der Waals surface area contributed by atoms with Crippen molar-refractivity contribution in [2.75, 3.05) is 0 Å². The first-order valence-electron chi connectivity index (χ1n) is 5.99. The molecule has 0 spiro atoms. The van der Waals surface area contributed by atoms with Gasteiger partial charge in [0.15, 0.2) is 5.78 Å². The van der Waals surface area contributed by atoms with Crippen LogP contribution in [0.15, 0.2) is 45.3 Å². The van der Waals surface area contributed by atoms with Crippen molar-refractivity contribution in [3.05, 3.63) is 62.3 Å². The minimum absolute atomic E-state index is 0.0360. The van der Waals surface area contributed by atoms with Crippen LogP contribution in [-0.4, -0.2) is 5.78 Å². The number of benzene rings is 2. The van der Waals surface area contributed by atoms with Crippen LogP contribution in [0.5, 0.6) is 5.75 Å². The Morgan fingerprint density at radius 3 is 2.55 bits per heavy atom. The van der Waals surface area contributed by atoms with E-state index in [2.05, 4.69) is 31.9 Å². The van der Waals surface area contributed by atoms with Gasteiger partial charge in [-0.25, -0.2) is 4.39 Å². The maximum atomic E-state index is 14.0. The summed E-state index contributed by atoms with van der Waals surface area (Å²) in [5.74, 6) is 0.0737. The predicted octanol–water partition coefficient (Wildman–Crippen LogP) is 5.06. The Kier molecular flexibility index (Phi) is 3.65. The first-order chi connectivity index (χ1) is 9.54. The van der Waals surface area contributed by atoms with Crippen LogP contribution in [0.4, 0.5) is 4.39 Å². The lowest BCUT2D eigenvalue weighted by molar-refractivity contribution is 0.0845. The van der Waals surface area contributed by atoms with E-state index in [1.54, 1.807) is 30.3 Å². The van der Waals surface area contributed by atoms with E-state index in [9.17, 15) is 9.18 Å². The van der Waals surface area contributed by atoms with Crippen molar-refractivity contribution in [2.45, 2.75) is 12.5 Å². The number of hydrogen-bond acceptors (Lipinski definition) is 2. The fraction of sp³-hybridized carbons (Fsp3) is 0.133. The lowest BCUT2D eigenvalue weighted by atomic mass is 9.96. The minimum atomic E-state index is -0.586. The Balaban J connectivity index is 2.00. The second-order valence-corrected chi connectivity index (χ2v) is 6.37. The molecule has 2 aromatic rings. The fourth-order valence-electron chi connectivity index (χ4n) is 2.23. The van der Waals surface area contributed by atoms with Gasteiger partial charge in [-0.15, -0.1) is 0 Å². The average Bonchev–Trinajstić information content (AvgIpc) is 2.37. The first-order valence-corrected chi connectivity index (χ1v) is 7.57. The van der Waals surface area contributed by atoms with Crippen molar-refractivity contribution in [3.63, 3.8) is 0 Å². The van der Waals surface area contributed by atoms with Crippen LogP contribution >= 0.6 is 31.9 Å². The van der Waals surface area contributed by atoms with E-state index < -0.39 is 6.10 Å². The standard InChI is InChI=1S/C15H9Br2FO2/c16-8-1-3-10(12(18)5-8)15-7-13(19)11-4-2-9(17)6-14(11)20-15/h1-6,15H,7H2. The highest BCUT2D eigenvalue weighted by Gasteiger charge is 2.29. The summed E-state index contributed by atoms with van der Waals surface area (Å²) >= 11 is 6.55. The minimum Gasteiger partial charge on any atom is -0.484 e. The molecule has 5 heteroatoms. The molecule has 1 atom stereocenters. The molecule has 0 fully saturated rings. The van der Waals surface area contributed by atoms with Gasteiger partial charge in [0, 0.05) is 14.5 Å². The molecule has 3 rings (SSSR count). The second-order valence-electron chi connectivity index (χ2n) is 4.54. The van der Waals surface area contributed by atoms with E-state index in [-0.39, 0.29) is 18.0 Å². The first kappa shape index (κ1) is 13.8.